The summed E-state index contributed by atoms with van der Waals surface area (Å²) in [6.07, 6.45) is 4.04. The van der Waals surface area contributed by atoms with Crippen LogP contribution < -0.4 is 4.90 Å². The Kier molecular flexibility index (Phi) is 3.99. The van der Waals surface area contributed by atoms with Gasteiger partial charge in [-0.1, -0.05) is 18.9 Å². The highest BCUT2D eigenvalue weighted by Crippen LogP contribution is 2.33. The molecular formula is C13H16N2O4. The van der Waals surface area contributed by atoms with Crippen LogP contribution in [-0.2, 0) is 0 Å². The number of carbonyl (C=O) groups is 1. The molecule has 0 spiro atoms. The largest absolute Gasteiger partial charge is 0.478 e. The quantitative estimate of drug-likeness (QED) is 0.670. The first-order chi connectivity index (χ1) is 9.11. The van der Waals surface area contributed by atoms with Gasteiger partial charge in [-0.15, -0.1) is 0 Å². The van der Waals surface area contributed by atoms with Crippen molar-refractivity contribution < 1.29 is 14.8 Å². The van der Waals surface area contributed by atoms with Gasteiger partial charge < -0.3 is 10.0 Å². The van der Waals surface area contributed by atoms with Crippen LogP contribution >= 0.6 is 0 Å². The van der Waals surface area contributed by atoms with Gasteiger partial charge in [0.2, 0.25) is 0 Å². The normalized spacial score (nSPS) is 15.9. The molecule has 1 saturated heterocycles. The van der Waals surface area contributed by atoms with Crippen molar-refractivity contribution in [1.29, 1.82) is 0 Å². The van der Waals surface area contributed by atoms with Crippen LogP contribution in [0.1, 0.15) is 36.0 Å². The minimum atomic E-state index is -1.12. The monoisotopic (exact) mass is 264 g/mol. The van der Waals surface area contributed by atoms with Crippen LogP contribution in [0.3, 0.4) is 0 Å². The van der Waals surface area contributed by atoms with Gasteiger partial charge in [-0.05, 0) is 18.9 Å². The molecule has 0 aliphatic carbocycles. The molecule has 6 nitrogen and oxygen atoms in total. The number of carboxylic acid groups (broad SMARTS) is 1. The van der Waals surface area contributed by atoms with E-state index in [1.807, 2.05) is 4.90 Å². The van der Waals surface area contributed by atoms with Gasteiger partial charge in [0.05, 0.1) is 10.5 Å². The molecular weight excluding hydrogens is 248 g/mol. The van der Waals surface area contributed by atoms with Gasteiger partial charge in [0.1, 0.15) is 5.69 Å². The maximum atomic E-state index is 11.3. The zero-order chi connectivity index (χ0) is 13.8. The van der Waals surface area contributed by atoms with Crippen molar-refractivity contribution in [3.8, 4) is 0 Å². The lowest BCUT2D eigenvalue weighted by atomic mass is 10.1. The lowest BCUT2D eigenvalue weighted by molar-refractivity contribution is -0.384. The topological polar surface area (TPSA) is 83.7 Å². The minimum Gasteiger partial charge on any atom is -0.478 e. The lowest BCUT2D eigenvalue weighted by Gasteiger charge is -2.23. The van der Waals surface area contributed by atoms with Crippen LogP contribution in [0.4, 0.5) is 11.4 Å². The average molecular weight is 264 g/mol. The molecule has 1 heterocycles. The van der Waals surface area contributed by atoms with Crippen molar-refractivity contribution in [1.82, 2.24) is 0 Å². The maximum absolute atomic E-state index is 11.3. The third-order valence-electron chi connectivity index (χ3n) is 3.36. The number of para-hydroxylation sites is 1. The van der Waals surface area contributed by atoms with E-state index in [1.54, 1.807) is 0 Å². The second-order valence-corrected chi connectivity index (χ2v) is 4.64. The van der Waals surface area contributed by atoms with E-state index in [1.165, 1.54) is 18.2 Å². The molecule has 0 unspecified atom stereocenters. The number of benzene rings is 1. The Hall–Kier alpha value is -2.11. The van der Waals surface area contributed by atoms with Crippen LogP contribution in [0.2, 0.25) is 0 Å². The van der Waals surface area contributed by atoms with Gasteiger partial charge in [0.25, 0.3) is 5.69 Å². The summed E-state index contributed by atoms with van der Waals surface area (Å²) in [6, 6.07) is 4.21. The molecule has 1 aliphatic heterocycles. The maximum Gasteiger partial charge on any atom is 0.338 e. The molecule has 0 aromatic heterocycles. The van der Waals surface area contributed by atoms with E-state index in [-0.39, 0.29) is 16.9 Å². The molecule has 6 heteroatoms. The number of nitro benzene ring substituents is 1. The smallest absolute Gasteiger partial charge is 0.338 e. The van der Waals surface area contributed by atoms with Crippen LogP contribution in [0.15, 0.2) is 18.2 Å². The predicted molar refractivity (Wildman–Crippen MR) is 70.7 cm³/mol. The molecule has 102 valence electrons. The molecule has 1 fully saturated rings. The van der Waals surface area contributed by atoms with Crippen molar-refractivity contribution in [3.05, 3.63) is 33.9 Å². The van der Waals surface area contributed by atoms with Crippen molar-refractivity contribution in [2.75, 3.05) is 18.0 Å². The van der Waals surface area contributed by atoms with E-state index in [0.29, 0.717) is 13.1 Å². The number of anilines is 1. The van der Waals surface area contributed by atoms with Gasteiger partial charge in [-0.25, -0.2) is 4.79 Å². The number of aromatic carboxylic acids is 1. The van der Waals surface area contributed by atoms with E-state index >= 15 is 0 Å². The van der Waals surface area contributed by atoms with Crippen molar-refractivity contribution in [2.24, 2.45) is 0 Å². The molecule has 1 aromatic carbocycles. The van der Waals surface area contributed by atoms with Crippen molar-refractivity contribution >= 4 is 17.3 Å². The Morgan fingerprint density at radius 1 is 1.21 bits per heavy atom. The highest BCUT2D eigenvalue weighted by atomic mass is 16.6. The van der Waals surface area contributed by atoms with E-state index < -0.39 is 10.9 Å². The van der Waals surface area contributed by atoms with Gasteiger partial charge in [0.15, 0.2) is 0 Å². The minimum absolute atomic E-state index is 0.0103. The summed E-state index contributed by atoms with van der Waals surface area (Å²) >= 11 is 0. The summed E-state index contributed by atoms with van der Waals surface area (Å²) in [4.78, 5) is 23.7. The number of nitrogens with zero attached hydrogens (tertiary/aromatic N) is 2. The SMILES string of the molecule is O=C(O)c1cccc([N+](=O)[O-])c1N1CCCCCC1. The number of carboxylic acids is 1. The van der Waals surface area contributed by atoms with Gasteiger partial charge in [0, 0.05) is 19.2 Å². The number of hydrogen-bond acceptors (Lipinski definition) is 4. The molecule has 0 saturated carbocycles. The highest BCUT2D eigenvalue weighted by molar-refractivity contribution is 5.97. The van der Waals surface area contributed by atoms with E-state index in [2.05, 4.69) is 0 Å². The van der Waals surface area contributed by atoms with Crippen LogP contribution in [0, 0.1) is 10.1 Å². The van der Waals surface area contributed by atoms with Crippen molar-refractivity contribution in [3.63, 3.8) is 0 Å². The Bertz CT molecular complexity index is 461. The molecule has 0 atom stereocenters. The van der Waals surface area contributed by atoms with E-state index in [9.17, 15) is 20.0 Å². The van der Waals surface area contributed by atoms with Crippen LogP contribution in [0.5, 0.6) is 0 Å². The van der Waals surface area contributed by atoms with Crippen molar-refractivity contribution in [2.45, 2.75) is 25.7 Å². The number of hydrogen-bond donors (Lipinski definition) is 1. The molecule has 1 aromatic rings. The van der Waals surface area contributed by atoms with Gasteiger partial charge in [-0.2, -0.15) is 0 Å². The summed E-state index contributed by atoms with van der Waals surface area (Å²) in [6.45, 7) is 1.34. The van der Waals surface area contributed by atoms with Crippen LogP contribution in [-0.4, -0.2) is 29.1 Å². The first kappa shape index (κ1) is 13.3. The van der Waals surface area contributed by atoms with E-state index in [4.69, 9.17) is 0 Å². The second kappa shape index (κ2) is 5.69. The standard InChI is InChI=1S/C13H16N2O4/c16-13(17)10-6-5-7-11(15(18)19)12(10)14-8-3-1-2-4-9-14/h5-7H,1-4,8-9H2,(H,16,17). The average Bonchev–Trinajstić information content (AvgIpc) is 2.66. The summed E-state index contributed by atoms with van der Waals surface area (Å²) in [5, 5.41) is 20.3. The summed E-state index contributed by atoms with van der Waals surface area (Å²) < 4.78 is 0. The Morgan fingerprint density at radius 2 is 1.84 bits per heavy atom. The Balaban J connectivity index is 2.50. The summed E-state index contributed by atoms with van der Waals surface area (Å²) in [5.41, 5.74) is 0.139. The second-order valence-electron chi connectivity index (χ2n) is 4.64. The molecule has 0 radical (unpaired) electrons. The fourth-order valence-electron chi connectivity index (χ4n) is 2.48. The molecule has 0 amide bonds. The van der Waals surface area contributed by atoms with Gasteiger partial charge in [-0.3, -0.25) is 10.1 Å². The molecule has 0 bridgehead atoms. The molecule has 1 N–H and O–H groups in total. The summed E-state index contributed by atoms with van der Waals surface area (Å²) in [7, 11) is 0. The Morgan fingerprint density at radius 3 is 2.37 bits per heavy atom. The molecule has 1 aliphatic rings. The first-order valence-corrected chi connectivity index (χ1v) is 6.37. The highest BCUT2D eigenvalue weighted by Gasteiger charge is 2.26. The molecule has 2 rings (SSSR count). The Labute approximate surface area is 110 Å². The molecule has 19 heavy (non-hydrogen) atoms. The predicted octanol–water partition coefficient (Wildman–Crippen LogP) is 2.67. The zero-order valence-electron chi connectivity index (χ0n) is 10.5. The number of rotatable bonds is 3. The van der Waals surface area contributed by atoms with Gasteiger partial charge >= 0.3 is 5.97 Å². The zero-order valence-corrected chi connectivity index (χ0v) is 10.5. The first-order valence-electron chi connectivity index (χ1n) is 6.37. The third-order valence-corrected chi connectivity index (χ3v) is 3.36. The van der Waals surface area contributed by atoms with E-state index in [0.717, 1.165) is 25.7 Å². The lowest BCUT2D eigenvalue weighted by Crippen LogP contribution is -2.26. The fraction of sp³-hybridized carbons (Fsp3) is 0.462. The fourth-order valence-corrected chi connectivity index (χ4v) is 2.48. The summed E-state index contributed by atoms with van der Waals surface area (Å²) in [5.74, 6) is -1.12. The van der Waals surface area contributed by atoms with Crippen LogP contribution in [0.25, 0.3) is 0 Å². The number of nitro groups is 1. The third kappa shape index (κ3) is 2.83.